The molecule has 0 radical (unpaired) electrons. The number of benzene rings is 2. The predicted molar refractivity (Wildman–Crippen MR) is 117 cm³/mol. The topological polar surface area (TPSA) is 94.7 Å². The van der Waals surface area contributed by atoms with Crippen molar-refractivity contribution in [2.24, 2.45) is 0 Å². The molecule has 162 valence electrons. The molecule has 1 aromatic heterocycles. The maximum atomic E-state index is 13.2. The number of carbonyl (C=O) groups is 1. The highest BCUT2D eigenvalue weighted by atomic mass is 16.5. The first kappa shape index (κ1) is 20.6. The van der Waals surface area contributed by atoms with Crippen molar-refractivity contribution in [3.05, 3.63) is 47.7 Å². The Hall–Kier alpha value is -3.68. The van der Waals surface area contributed by atoms with Gasteiger partial charge in [-0.15, -0.1) is 0 Å². The SMILES string of the molecule is COc1cc(OC)cc(C(=O)Nc2c(-c3ccc(OC)cc3OC)n[nH]c2C2CC2)c1. The highest BCUT2D eigenvalue weighted by Gasteiger charge is 2.32. The zero-order valence-electron chi connectivity index (χ0n) is 17.9. The number of H-pyrrole nitrogens is 1. The highest BCUT2D eigenvalue weighted by Crippen LogP contribution is 2.46. The number of nitrogens with zero attached hydrogens (tertiary/aromatic N) is 1. The van der Waals surface area contributed by atoms with Crippen LogP contribution in [0.2, 0.25) is 0 Å². The molecule has 1 heterocycles. The van der Waals surface area contributed by atoms with E-state index in [2.05, 4.69) is 15.5 Å². The van der Waals surface area contributed by atoms with Crippen molar-refractivity contribution in [2.45, 2.75) is 18.8 Å². The third kappa shape index (κ3) is 4.14. The molecule has 2 N–H and O–H groups in total. The van der Waals surface area contributed by atoms with Crippen molar-refractivity contribution >= 4 is 11.6 Å². The average Bonchev–Trinajstić information content (AvgIpc) is 3.58. The van der Waals surface area contributed by atoms with Gasteiger partial charge in [0.25, 0.3) is 5.91 Å². The fourth-order valence-electron chi connectivity index (χ4n) is 3.46. The Kier molecular flexibility index (Phi) is 5.70. The van der Waals surface area contributed by atoms with Gasteiger partial charge in [0, 0.05) is 29.2 Å². The summed E-state index contributed by atoms with van der Waals surface area (Å²) in [4.78, 5) is 13.2. The van der Waals surface area contributed by atoms with Crippen molar-refractivity contribution in [2.75, 3.05) is 33.8 Å². The van der Waals surface area contributed by atoms with E-state index in [1.807, 2.05) is 12.1 Å². The predicted octanol–water partition coefficient (Wildman–Crippen LogP) is 4.24. The van der Waals surface area contributed by atoms with Gasteiger partial charge in [0.1, 0.15) is 28.7 Å². The number of ether oxygens (including phenoxy) is 4. The van der Waals surface area contributed by atoms with E-state index in [1.165, 1.54) is 0 Å². The number of hydrogen-bond donors (Lipinski definition) is 2. The van der Waals surface area contributed by atoms with Crippen molar-refractivity contribution in [3.8, 4) is 34.3 Å². The van der Waals surface area contributed by atoms with Crippen LogP contribution in [0, 0.1) is 0 Å². The lowest BCUT2D eigenvalue weighted by molar-refractivity contribution is 0.102. The van der Waals surface area contributed by atoms with Crippen LogP contribution in [0.3, 0.4) is 0 Å². The van der Waals surface area contributed by atoms with E-state index in [4.69, 9.17) is 18.9 Å². The summed E-state index contributed by atoms with van der Waals surface area (Å²) in [6, 6.07) is 10.6. The Morgan fingerprint density at radius 3 is 2.19 bits per heavy atom. The van der Waals surface area contributed by atoms with Gasteiger partial charge < -0.3 is 24.3 Å². The van der Waals surface area contributed by atoms with Gasteiger partial charge in [0.05, 0.1) is 39.8 Å². The van der Waals surface area contributed by atoms with E-state index >= 15 is 0 Å². The van der Waals surface area contributed by atoms with Crippen molar-refractivity contribution < 1.29 is 23.7 Å². The Morgan fingerprint density at radius 2 is 1.61 bits per heavy atom. The van der Waals surface area contributed by atoms with E-state index in [0.29, 0.717) is 45.9 Å². The molecule has 8 nitrogen and oxygen atoms in total. The lowest BCUT2D eigenvalue weighted by Crippen LogP contribution is -2.13. The zero-order chi connectivity index (χ0) is 22.0. The monoisotopic (exact) mass is 423 g/mol. The van der Waals surface area contributed by atoms with Crippen molar-refractivity contribution in [1.29, 1.82) is 0 Å². The van der Waals surface area contributed by atoms with Crippen LogP contribution in [-0.4, -0.2) is 44.5 Å². The normalized spacial score (nSPS) is 12.9. The Balaban J connectivity index is 1.74. The molecule has 0 unspecified atom stereocenters. The fourth-order valence-corrected chi connectivity index (χ4v) is 3.46. The number of anilines is 1. The van der Waals surface area contributed by atoms with Crippen molar-refractivity contribution in [1.82, 2.24) is 10.2 Å². The summed E-state index contributed by atoms with van der Waals surface area (Å²) in [5, 5.41) is 10.7. The largest absolute Gasteiger partial charge is 0.497 e. The Bertz CT molecular complexity index is 1080. The molecule has 4 rings (SSSR count). The van der Waals surface area contributed by atoms with Gasteiger partial charge in [0.2, 0.25) is 0 Å². The molecule has 0 aliphatic heterocycles. The molecule has 1 aliphatic rings. The first-order chi connectivity index (χ1) is 15.1. The summed E-state index contributed by atoms with van der Waals surface area (Å²) >= 11 is 0. The second kappa shape index (κ2) is 8.59. The van der Waals surface area contributed by atoms with Gasteiger partial charge in [-0.1, -0.05) is 0 Å². The molecule has 31 heavy (non-hydrogen) atoms. The zero-order valence-corrected chi connectivity index (χ0v) is 17.9. The third-order valence-electron chi connectivity index (χ3n) is 5.30. The maximum Gasteiger partial charge on any atom is 0.256 e. The summed E-state index contributed by atoms with van der Waals surface area (Å²) < 4.78 is 21.4. The smallest absolute Gasteiger partial charge is 0.256 e. The van der Waals surface area contributed by atoms with Crippen LogP contribution < -0.4 is 24.3 Å². The van der Waals surface area contributed by atoms with Gasteiger partial charge in [-0.25, -0.2) is 0 Å². The summed E-state index contributed by atoms with van der Waals surface area (Å²) in [6.07, 6.45) is 2.11. The average molecular weight is 423 g/mol. The van der Waals surface area contributed by atoms with E-state index < -0.39 is 0 Å². The molecule has 0 bridgehead atoms. The molecule has 1 fully saturated rings. The number of carbonyl (C=O) groups excluding carboxylic acids is 1. The summed E-state index contributed by atoms with van der Waals surface area (Å²) in [7, 11) is 6.29. The first-order valence-corrected chi connectivity index (χ1v) is 9.93. The number of amides is 1. The molecule has 3 aromatic rings. The van der Waals surface area contributed by atoms with Crippen LogP contribution in [0.4, 0.5) is 5.69 Å². The number of hydrogen-bond acceptors (Lipinski definition) is 6. The first-order valence-electron chi connectivity index (χ1n) is 9.93. The van der Waals surface area contributed by atoms with Crippen molar-refractivity contribution in [3.63, 3.8) is 0 Å². The second-order valence-electron chi connectivity index (χ2n) is 7.26. The van der Waals surface area contributed by atoms with E-state index in [-0.39, 0.29) is 5.91 Å². The quantitative estimate of drug-likeness (QED) is 0.563. The van der Waals surface area contributed by atoms with Gasteiger partial charge in [-0.2, -0.15) is 5.10 Å². The standard InChI is InChI=1S/C23H25N3O5/c1-28-15-7-8-18(19(12-15)31-4)21-22(20(25-26-21)13-5-6-13)24-23(27)14-9-16(29-2)11-17(10-14)30-3/h7-13H,5-6H2,1-4H3,(H,24,27)(H,25,26). The highest BCUT2D eigenvalue weighted by molar-refractivity contribution is 6.07. The minimum Gasteiger partial charge on any atom is -0.497 e. The van der Waals surface area contributed by atoms with Gasteiger partial charge >= 0.3 is 0 Å². The summed E-state index contributed by atoms with van der Waals surface area (Å²) in [6.45, 7) is 0. The lowest BCUT2D eigenvalue weighted by atomic mass is 10.1. The minimum absolute atomic E-state index is 0.283. The summed E-state index contributed by atoms with van der Waals surface area (Å²) in [5.74, 6) is 2.42. The second-order valence-corrected chi connectivity index (χ2v) is 7.26. The van der Waals surface area contributed by atoms with Gasteiger partial charge in [-0.05, 0) is 37.1 Å². The van der Waals surface area contributed by atoms with Gasteiger partial charge in [0.15, 0.2) is 0 Å². The number of nitrogens with one attached hydrogen (secondary N) is 2. The lowest BCUT2D eigenvalue weighted by Gasteiger charge is -2.13. The number of aromatic amines is 1. The van der Waals surface area contributed by atoms with Crippen LogP contribution in [0.25, 0.3) is 11.3 Å². The minimum atomic E-state index is -0.283. The van der Waals surface area contributed by atoms with Crippen LogP contribution in [0.1, 0.15) is 34.8 Å². The van der Waals surface area contributed by atoms with E-state index in [0.717, 1.165) is 24.1 Å². The Labute approximate surface area is 180 Å². The molecule has 0 atom stereocenters. The van der Waals surface area contributed by atoms with Crippen LogP contribution in [0.15, 0.2) is 36.4 Å². The molecule has 1 amide bonds. The molecule has 8 heteroatoms. The summed E-state index contributed by atoms with van der Waals surface area (Å²) in [5.41, 5.74) is 3.36. The Morgan fingerprint density at radius 1 is 0.935 bits per heavy atom. The fraction of sp³-hybridized carbons (Fsp3) is 0.304. The maximum absolute atomic E-state index is 13.2. The number of aromatic nitrogens is 2. The molecule has 1 saturated carbocycles. The van der Waals surface area contributed by atoms with E-state index in [9.17, 15) is 4.79 Å². The number of rotatable bonds is 8. The van der Waals surface area contributed by atoms with Crippen LogP contribution in [0.5, 0.6) is 23.0 Å². The van der Waals surface area contributed by atoms with Crippen LogP contribution in [-0.2, 0) is 0 Å². The van der Waals surface area contributed by atoms with Crippen LogP contribution >= 0.6 is 0 Å². The third-order valence-corrected chi connectivity index (χ3v) is 5.30. The molecular formula is C23H25N3O5. The molecule has 2 aromatic carbocycles. The van der Waals surface area contributed by atoms with Gasteiger partial charge in [-0.3, -0.25) is 9.89 Å². The van der Waals surface area contributed by atoms with E-state index in [1.54, 1.807) is 52.7 Å². The number of methoxy groups -OCH3 is 4. The molecule has 0 saturated heterocycles. The molecule has 1 aliphatic carbocycles. The molecule has 0 spiro atoms. The molecular weight excluding hydrogens is 398 g/mol.